The summed E-state index contributed by atoms with van der Waals surface area (Å²) in [5, 5.41) is 19.8. The van der Waals surface area contributed by atoms with Gasteiger partial charge in [0.15, 0.2) is 5.16 Å². The summed E-state index contributed by atoms with van der Waals surface area (Å²) in [6.45, 7) is 4.87. The number of hydrogen-bond acceptors (Lipinski definition) is 8. The maximum absolute atomic E-state index is 12.4. The van der Waals surface area contributed by atoms with Crippen LogP contribution >= 0.6 is 11.8 Å². The molecule has 0 unspecified atom stereocenters. The van der Waals surface area contributed by atoms with Gasteiger partial charge >= 0.3 is 0 Å². The highest BCUT2D eigenvalue weighted by Crippen LogP contribution is 2.20. The van der Waals surface area contributed by atoms with Crippen LogP contribution < -0.4 is 20.7 Å². The monoisotopic (exact) mass is 577 g/mol. The molecular formula is C31H39N5O4S. The number of aliphatic hydroxyl groups is 1. The molecule has 1 heterocycles. The topological polar surface area (TPSA) is 125 Å². The molecule has 2 aromatic carbocycles. The van der Waals surface area contributed by atoms with E-state index in [2.05, 4.69) is 25.9 Å². The van der Waals surface area contributed by atoms with Gasteiger partial charge in [0.2, 0.25) is 11.8 Å². The number of aryl methyl sites for hydroxylation is 2. The molecule has 3 aromatic rings. The van der Waals surface area contributed by atoms with Crippen molar-refractivity contribution < 1.29 is 19.4 Å². The van der Waals surface area contributed by atoms with Gasteiger partial charge < -0.3 is 25.8 Å². The Labute approximate surface area is 245 Å². The van der Waals surface area contributed by atoms with Crippen molar-refractivity contribution in [2.45, 2.75) is 76.3 Å². The van der Waals surface area contributed by atoms with Crippen LogP contribution in [0.2, 0.25) is 0 Å². The van der Waals surface area contributed by atoms with Crippen molar-refractivity contribution >= 4 is 35.0 Å². The number of nitrogens with one attached hydrogen (secondary N) is 3. The van der Waals surface area contributed by atoms with Gasteiger partial charge in [-0.15, -0.1) is 0 Å². The Balaban J connectivity index is 1.16. The minimum absolute atomic E-state index is 0.0385. The number of aromatic nitrogens is 2. The number of amides is 2. The van der Waals surface area contributed by atoms with Gasteiger partial charge in [-0.25, -0.2) is 9.97 Å². The van der Waals surface area contributed by atoms with Gasteiger partial charge in [0.05, 0.1) is 11.9 Å². The van der Waals surface area contributed by atoms with Gasteiger partial charge in [0.25, 0.3) is 0 Å². The highest BCUT2D eigenvalue weighted by molar-refractivity contribution is 7.99. The maximum Gasteiger partial charge on any atom is 0.234 e. The molecule has 41 heavy (non-hydrogen) atoms. The van der Waals surface area contributed by atoms with Gasteiger partial charge in [0.1, 0.15) is 12.4 Å². The summed E-state index contributed by atoms with van der Waals surface area (Å²) >= 11 is 1.31. The molecule has 0 radical (unpaired) electrons. The number of rotatable bonds is 13. The third-order valence-corrected chi connectivity index (χ3v) is 7.61. The van der Waals surface area contributed by atoms with E-state index in [1.807, 2.05) is 68.4 Å². The van der Waals surface area contributed by atoms with Crippen molar-refractivity contribution in [1.29, 1.82) is 0 Å². The first-order valence-corrected chi connectivity index (χ1v) is 15.1. The van der Waals surface area contributed by atoms with Crippen molar-refractivity contribution in [3.05, 3.63) is 71.5 Å². The predicted molar refractivity (Wildman–Crippen MR) is 162 cm³/mol. The molecule has 4 rings (SSSR count). The van der Waals surface area contributed by atoms with Gasteiger partial charge in [-0.2, -0.15) is 0 Å². The van der Waals surface area contributed by atoms with Gasteiger partial charge in [0, 0.05) is 35.2 Å². The molecule has 0 spiro atoms. The van der Waals surface area contributed by atoms with E-state index in [0.29, 0.717) is 41.9 Å². The fourth-order valence-corrected chi connectivity index (χ4v) is 5.48. The van der Waals surface area contributed by atoms with Crippen LogP contribution in [0.4, 0.5) is 11.4 Å². The first-order chi connectivity index (χ1) is 19.8. The highest BCUT2D eigenvalue weighted by Gasteiger charge is 2.22. The Bertz CT molecular complexity index is 1280. The van der Waals surface area contributed by atoms with E-state index < -0.39 is 0 Å². The average molecular weight is 578 g/mol. The predicted octanol–water partition coefficient (Wildman–Crippen LogP) is 5.02. The van der Waals surface area contributed by atoms with Gasteiger partial charge in [-0.3, -0.25) is 9.59 Å². The summed E-state index contributed by atoms with van der Waals surface area (Å²) in [4.78, 5) is 33.5. The maximum atomic E-state index is 12.4. The smallest absolute Gasteiger partial charge is 0.234 e. The van der Waals surface area contributed by atoms with Crippen molar-refractivity contribution in [3.8, 4) is 5.75 Å². The summed E-state index contributed by atoms with van der Waals surface area (Å²) in [6, 6.07) is 16.9. The standard InChI is InChI=1S/C31H39N5O4S/c1-21-17-22(2)34-31(33-21)41-20-30(39)36-25-8-5-7-23(18-25)19-40-26-14-12-24(13-15-26)35-29(38)11-6-16-32-27-9-3-4-10-28(27)37/h5,7-8,12-15,17-18,27-28,32,37H,3-4,6,9-11,16,19-20H2,1-2H3,(H,35,38)(H,36,39)/t27-,28-/m1/s1. The first kappa shape index (κ1) is 30.5. The van der Waals surface area contributed by atoms with Crippen LogP contribution in [0.1, 0.15) is 55.5 Å². The van der Waals surface area contributed by atoms with Crippen LogP contribution in [0.25, 0.3) is 0 Å². The number of benzene rings is 2. The van der Waals surface area contributed by atoms with E-state index in [1.54, 1.807) is 0 Å². The second-order valence-electron chi connectivity index (χ2n) is 10.3. The van der Waals surface area contributed by atoms with E-state index in [4.69, 9.17) is 4.74 Å². The molecule has 2 amide bonds. The largest absolute Gasteiger partial charge is 0.489 e. The van der Waals surface area contributed by atoms with E-state index in [1.165, 1.54) is 11.8 Å². The molecule has 1 aliphatic carbocycles. The molecule has 1 saturated carbocycles. The summed E-state index contributed by atoms with van der Waals surface area (Å²) in [6.07, 6.45) is 4.94. The molecule has 10 heteroatoms. The highest BCUT2D eigenvalue weighted by atomic mass is 32.2. The van der Waals surface area contributed by atoms with Crippen molar-refractivity contribution in [2.75, 3.05) is 22.9 Å². The lowest BCUT2D eigenvalue weighted by atomic mass is 9.92. The normalized spacial score (nSPS) is 16.7. The van der Waals surface area contributed by atoms with Crippen LogP contribution in [0.3, 0.4) is 0 Å². The molecule has 0 saturated heterocycles. The Kier molecular flexibility index (Phi) is 11.5. The van der Waals surface area contributed by atoms with E-state index in [-0.39, 0.29) is 29.7 Å². The number of thioether (sulfide) groups is 1. The lowest BCUT2D eigenvalue weighted by Gasteiger charge is -2.28. The first-order valence-electron chi connectivity index (χ1n) is 14.1. The van der Waals surface area contributed by atoms with Crippen LogP contribution in [-0.4, -0.2) is 51.3 Å². The zero-order valence-corrected chi connectivity index (χ0v) is 24.5. The van der Waals surface area contributed by atoms with E-state index in [0.717, 1.165) is 49.1 Å². The summed E-state index contributed by atoms with van der Waals surface area (Å²) in [5.74, 6) is 0.724. The molecule has 218 valence electrons. The Morgan fingerprint density at radius 3 is 2.44 bits per heavy atom. The third-order valence-electron chi connectivity index (χ3n) is 6.77. The van der Waals surface area contributed by atoms with E-state index >= 15 is 0 Å². The number of carbonyl (C=O) groups excluding carboxylic acids is 2. The van der Waals surface area contributed by atoms with Crippen LogP contribution in [-0.2, 0) is 16.2 Å². The minimum atomic E-state index is -0.276. The number of aliphatic hydroxyl groups excluding tert-OH is 1. The van der Waals surface area contributed by atoms with Crippen LogP contribution in [0, 0.1) is 13.8 Å². The second-order valence-corrected chi connectivity index (χ2v) is 11.3. The molecule has 0 bridgehead atoms. The average Bonchev–Trinajstić information content (AvgIpc) is 2.94. The number of carbonyl (C=O) groups is 2. The van der Waals surface area contributed by atoms with Crippen molar-refractivity contribution in [3.63, 3.8) is 0 Å². The van der Waals surface area contributed by atoms with Crippen molar-refractivity contribution in [1.82, 2.24) is 15.3 Å². The lowest BCUT2D eigenvalue weighted by Crippen LogP contribution is -2.42. The van der Waals surface area contributed by atoms with Gasteiger partial charge in [-0.1, -0.05) is 36.7 Å². The fourth-order valence-electron chi connectivity index (χ4n) is 4.73. The number of nitrogens with zero attached hydrogens (tertiary/aromatic N) is 2. The second kappa shape index (κ2) is 15.5. The molecule has 0 aliphatic heterocycles. The molecular weight excluding hydrogens is 538 g/mol. The molecule has 1 aliphatic rings. The van der Waals surface area contributed by atoms with Crippen LogP contribution in [0.5, 0.6) is 5.75 Å². The molecule has 1 fully saturated rings. The minimum Gasteiger partial charge on any atom is -0.489 e. The summed E-state index contributed by atoms with van der Waals surface area (Å²) in [5.41, 5.74) is 4.08. The Hall–Kier alpha value is -3.47. The molecule has 4 N–H and O–H groups in total. The fraction of sp³-hybridized carbons (Fsp3) is 0.419. The summed E-state index contributed by atoms with van der Waals surface area (Å²) < 4.78 is 5.91. The Morgan fingerprint density at radius 1 is 0.951 bits per heavy atom. The molecule has 9 nitrogen and oxygen atoms in total. The van der Waals surface area contributed by atoms with Crippen molar-refractivity contribution in [2.24, 2.45) is 0 Å². The van der Waals surface area contributed by atoms with Crippen LogP contribution in [0.15, 0.2) is 59.8 Å². The summed E-state index contributed by atoms with van der Waals surface area (Å²) in [7, 11) is 0. The SMILES string of the molecule is Cc1cc(C)nc(SCC(=O)Nc2cccc(COc3ccc(NC(=O)CCCN[C@@H]4CCCC[C@H]4O)cc3)c2)n1. The van der Waals surface area contributed by atoms with E-state index in [9.17, 15) is 14.7 Å². The third kappa shape index (κ3) is 10.5. The quantitative estimate of drug-likeness (QED) is 0.127. The Morgan fingerprint density at radius 2 is 1.68 bits per heavy atom. The number of ether oxygens (including phenoxy) is 1. The zero-order chi connectivity index (χ0) is 29.0. The number of hydrogen-bond donors (Lipinski definition) is 4. The lowest BCUT2D eigenvalue weighted by molar-refractivity contribution is -0.116. The van der Waals surface area contributed by atoms with Gasteiger partial charge in [-0.05, 0) is 87.7 Å². The number of anilines is 2. The molecule has 1 aromatic heterocycles. The molecule has 2 atom stereocenters. The zero-order valence-electron chi connectivity index (χ0n) is 23.7.